The lowest BCUT2D eigenvalue weighted by molar-refractivity contribution is -0.131. The van der Waals surface area contributed by atoms with Gasteiger partial charge >= 0.3 is 0 Å². The molecule has 1 fully saturated rings. The molecule has 4 aromatic rings. The molecule has 0 saturated carbocycles. The Morgan fingerprint density at radius 1 is 1.13 bits per heavy atom. The number of rotatable bonds is 5. The zero-order valence-electron chi connectivity index (χ0n) is 17.4. The standard InChI is InChI=1S/C22H24N6O3/c1-16-24-27(22(30)18-15-19-17(28(16)18)7-14-31-19)9-4-6-21(29)26-12-10-25(11-13-26)20-5-2-3-8-23-20/h2-3,5,7-8,14-15H,4,6,9-13H2,1H3. The molecule has 9 nitrogen and oxygen atoms in total. The number of aryl methyl sites for hydroxylation is 2. The maximum Gasteiger partial charge on any atom is 0.291 e. The summed E-state index contributed by atoms with van der Waals surface area (Å²) in [4.78, 5) is 33.9. The van der Waals surface area contributed by atoms with Crippen molar-refractivity contribution in [1.29, 1.82) is 0 Å². The average Bonchev–Trinajstić information content (AvgIpc) is 3.39. The third-order valence-corrected chi connectivity index (χ3v) is 5.83. The maximum absolute atomic E-state index is 12.8. The Kier molecular flexibility index (Phi) is 4.93. The molecule has 0 spiro atoms. The Morgan fingerprint density at radius 3 is 2.74 bits per heavy atom. The summed E-state index contributed by atoms with van der Waals surface area (Å²) in [7, 11) is 0. The molecule has 0 radical (unpaired) electrons. The largest absolute Gasteiger partial charge is 0.463 e. The molecule has 0 bridgehead atoms. The number of pyridine rings is 1. The Morgan fingerprint density at radius 2 is 1.97 bits per heavy atom. The van der Waals surface area contributed by atoms with Gasteiger partial charge in [-0.05, 0) is 25.5 Å². The van der Waals surface area contributed by atoms with Crippen LogP contribution in [0.1, 0.15) is 18.7 Å². The highest BCUT2D eigenvalue weighted by atomic mass is 16.3. The van der Waals surface area contributed by atoms with Crippen LogP contribution in [0.15, 0.2) is 52.0 Å². The normalized spacial score (nSPS) is 14.6. The second kappa shape index (κ2) is 7.90. The lowest BCUT2D eigenvalue weighted by atomic mass is 10.2. The third kappa shape index (κ3) is 3.56. The number of aromatic nitrogens is 4. The highest BCUT2D eigenvalue weighted by Gasteiger charge is 2.21. The Labute approximate surface area is 178 Å². The van der Waals surface area contributed by atoms with Crippen LogP contribution in [0.2, 0.25) is 0 Å². The van der Waals surface area contributed by atoms with Crippen LogP contribution in [0.5, 0.6) is 0 Å². The van der Waals surface area contributed by atoms with Gasteiger partial charge in [0.25, 0.3) is 5.56 Å². The quantitative estimate of drug-likeness (QED) is 0.491. The van der Waals surface area contributed by atoms with Crippen molar-refractivity contribution in [1.82, 2.24) is 24.1 Å². The molecule has 0 N–H and O–H groups in total. The summed E-state index contributed by atoms with van der Waals surface area (Å²) in [6.45, 7) is 5.18. The number of nitrogens with zero attached hydrogens (tertiary/aromatic N) is 6. The van der Waals surface area contributed by atoms with Gasteiger partial charge < -0.3 is 14.2 Å². The minimum absolute atomic E-state index is 0.117. The van der Waals surface area contributed by atoms with E-state index in [0.717, 1.165) is 24.4 Å². The smallest absolute Gasteiger partial charge is 0.291 e. The first-order valence-corrected chi connectivity index (χ1v) is 10.5. The third-order valence-electron chi connectivity index (χ3n) is 5.83. The number of hydrogen-bond acceptors (Lipinski definition) is 6. The molecule has 1 saturated heterocycles. The van der Waals surface area contributed by atoms with Gasteiger partial charge in [-0.2, -0.15) is 5.10 Å². The number of fused-ring (bicyclic) bond motifs is 3. The molecule has 0 aliphatic carbocycles. The molecule has 160 valence electrons. The van der Waals surface area contributed by atoms with Crippen molar-refractivity contribution in [3.05, 3.63) is 59.0 Å². The molecule has 1 amide bonds. The molecule has 5 heterocycles. The Bertz CT molecular complexity index is 1280. The van der Waals surface area contributed by atoms with Crippen molar-refractivity contribution in [2.24, 2.45) is 0 Å². The molecule has 31 heavy (non-hydrogen) atoms. The number of amides is 1. The van der Waals surface area contributed by atoms with Crippen LogP contribution in [0.3, 0.4) is 0 Å². The van der Waals surface area contributed by atoms with Gasteiger partial charge in [-0.15, -0.1) is 0 Å². The summed E-state index contributed by atoms with van der Waals surface area (Å²) in [5, 5.41) is 4.44. The number of piperazine rings is 1. The van der Waals surface area contributed by atoms with Crippen LogP contribution < -0.4 is 10.5 Å². The summed E-state index contributed by atoms with van der Waals surface area (Å²) in [5.74, 6) is 1.78. The van der Waals surface area contributed by atoms with E-state index in [1.165, 1.54) is 4.68 Å². The van der Waals surface area contributed by atoms with E-state index >= 15 is 0 Å². The van der Waals surface area contributed by atoms with Gasteiger partial charge in [0.2, 0.25) is 5.91 Å². The molecule has 0 atom stereocenters. The zero-order valence-corrected chi connectivity index (χ0v) is 17.4. The van der Waals surface area contributed by atoms with Gasteiger partial charge in [-0.3, -0.25) is 14.0 Å². The van der Waals surface area contributed by atoms with Crippen LogP contribution in [0.25, 0.3) is 16.6 Å². The fraction of sp³-hybridized carbons (Fsp3) is 0.364. The van der Waals surface area contributed by atoms with Crippen molar-refractivity contribution < 1.29 is 9.21 Å². The number of anilines is 1. The van der Waals surface area contributed by atoms with Gasteiger partial charge in [0, 0.05) is 57.5 Å². The van der Waals surface area contributed by atoms with Crippen LogP contribution in [-0.2, 0) is 11.3 Å². The van der Waals surface area contributed by atoms with E-state index in [0.29, 0.717) is 49.4 Å². The minimum atomic E-state index is -0.173. The predicted molar refractivity (Wildman–Crippen MR) is 116 cm³/mol. The van der Waals surface area contributed by atoms with Crippen molar-refractivity contribution in [2.75, 3.05) is 31.1 Å². The van der Waals surface area contributed by atoms with Gasteiger partial charge in [0.05, 0.1) is 11.8 Å². The number of carbonyl (C=O) groups is 1. The van der Waals surface area contributed by atoms with Gasteiger partial charge in [-0.25, -0.2) is 9.67 Å². The summed E-state index contributed by atoms with van der Waals surface area (Å²) in [5.41, 5.74) is 1.87. The first-order chi connectivity index (χ1) is 15.1. The second-order valence-electron chi connectivity index (χ2n) is 7.77. The average molecular weight is 420 g/mol. The van der Waals surface area contributed by atoms with Crippen LogP contribution in [0, 0.1) is 6.92 Å². The van der Waals surface area contributed by atoms with Crippen molar-refractivity contribution >= 4 is 28.3 Å². The molecule has 0 unspecified atom stereocenters. The van der Waals surface area contributed by atoms with Crippen molar-refractivity contribution in [2.45, 2.75) is 26.3 Å². The predicted octanol–water partition coefficient (Wildman–Crippen LogP) is 2.07. The topological polar surface area (TPSA) is 88.9 Å². The first-order valence-electron chi connectivity index (χ1n) is 10.5. The molecule has 4 aromatic heterocycles. The molecule has 5 rings (SSSR count). The summed E-state index contributed by atoms with van der Waals surface area (Å²) >= 11 is 0. The van der Waals surface area contributed by atoms with E-state index in [-0.39, 0.29) is 11.5 Å². The van der Waals surface area contributed by atoms with Gasteiger partial charge in [-0.1, -0.05) is 6.07 Å². The molecule has 0 aromatic carbocycles. The van der Waals surface area contributed by atoms with Crippen molar-refractivity contribution in [3.63, 3.8) is 0 Å². The van der Waals surface area contributed by atoms with E-state index in [1.807, 2.05) is 40.5 Å². The lowest BCUT2D eigenvalue weighted by Gasteiger charge is -2.35. The van der Waals surface area contributed by atoms with Gasteiger partial charge in [0.1, 0.15) is 17.2 Å². The van der Waals surface area contributed by atoms with Crippen molar-refractivity contribution in [3.8, 4) is 0 Å². The highest BCUT2D eigenvalue weighted by Crippen LogP contribution is 2.20. The number of hydrogen-bond donors (Lipinski definition) is 0. The molecular formula is C22H24N6O3. The van der Waals surface area contributed by atoms with Crippen LogP contribution in [0.4, 0.5) is 5.82 Å². The second-order valence-corrected chi connectivity index (χ2v) is 7.77. The van der Waals surface area contributed by atoms with E-state index in [4.69, 9.17) is 4.42 Å². The van der Waals surface area contributed by atoms with E-state index < -0.39 is 0 Å². The SMILES string of the molecule is Cc1nn(CCCC(=O)N2CCN(c3ccccn3)CC2)c(=O)c2cc3occc3n12. The molecule has 9 heteroatoms. The van der Waals surface area contributed by atoms with Crippen LogP contribution >= 0.6 is 0 Å². The fourth-order valence-corrected chi connectivity index (χ4v) is 4.24. The van der Waals surface area contributed by atoms with E-state index in [1.54, 1.807) is 18.5 Å². The number of carbonyl (C=O) groups excluding carboxylic acids is 1. The molecule has 1 aliphatic rings. The minimum Gasteiger partial charge on any atom is -0.463 e. The summed E-state index contributed by atoms with van der Waals surface area (Å²) < 4.78 is 8.68. The monoisotopic (exact) mass is 420 g/mol. The summed E-state index contributed by atoms with van der Waals surface area (Å²) in [6.07, 6.45) is 4.35. The number of furan rings is 1. The Hall–Kier alpha value is -3.62. The van der Waals surface area contributed by atoms with E-state index in [2.05, 4.69) is 15.0 Å². The van der Waals surface area contributed by atoms with Crippen LogP contribution in [-0.4, -0.2) is 56.2 Å². The first kappa shape index (κ1) is 19.3. The highest BCUT2D eigenvalue weighted by molar-refractivity contribution is 5.82. The van der Waals surface area contributed by atoms with Gasteiger partial charge in [0.15, 0.2) is 5.58 Å². The Balaban J connectivity index is 1.19. The summed E-state index contributed by atoms with van der Waals surface area (Å²) in [6, 6.07) is 9.43. The lowest BCUT2D eigenvalue weighted by Crippen LogP contribution is -2.49. The molecule has 1 aliphatic heterocycles. The van der Waals surface area contributed by atoms with E-state index in [9.17, 15) is 9.59 Å². The fourth-order valence-electron chi connectivity index (χ4n) is 4.24. The maximum atomic E-state index is 12.8. The molecular weight excluding hydrogens is 396 g/mol. The zero-order chi connectivity index (χ0) is 21.4.